The van der Waals surface area contributed by atoms with Crippen LogP contribution in [0.1, 0.15) is 22.8 Å². The number of nitrogen functional groups attached to an aromatic ring is 1. The van der Waals surface area contributed by atoms with Crippen LogP contribution in [-0.4, -0.2) is 23.8 Å². The van der Waals surface area contributed by atoms with Gasteiger partial charge in [-0.25, -0.2) is 5.43 Å². The molecule has 2 aromatic rings. The zero-order valence-corrected chi connectivity index (χ0v) is 12.3. The van der Waals surface area contributed by atoms with Crippen LogP contribution >= 0.6 is 0 Å². The zero-order chi connectivity index (χ0) is 16.1. The lowest BCUT2D eigenvalue weighted by molar-refractivity contribution is 0.0955. The molecule has 0 radical (unpaired) electrons. The molecule has 0 aliphatic heterocycles. The maximum absolute atomic E-state index is 12.0. The van der Waals surface area contributed by atoms with Gasteiger partial charge in [0, 0.05) is 16.8 Å². The van der Waals surface area contributed by atoms with Gasteiger partial charge in [0.25, 0.3) is 5.91 Å². The number of nitrogens with one attached hydrogen (secondary N) is 1. The summed E-state index contributed by atoms with van der Waals surface area (Å²) in [5.74, 6) is 0.290. The number of nitrogens with zero attached hydrogens (tertiary/aromatic N) is 1. The van der Waals surface area contributed by atoms with Crippen molar-refractivity contribution in [1.29, 1.82) is 0 Å². The van der Waals surface area contributed by atoms with Gasteiger partial charge in [-0.1, -0.05) is 0 Å². The van der Waals surface area contributed by atoms with Gasteiger partial charge in [-0.3, -0.25) is 4.79 Å². The molecule has 2 rings (SSSR count). The molecule has 6 nitrogen and oxygen atoms in total. The number of phenolic OH excluding ortho intramolecular Hbond substituents is 1. The minimum atomic E-state index is -0.360. The molecule has 0 bridgehead atoms. The summed E-state index contributed by atoms with van der Waals surface area (Å²) in [6.45, 7) is 1.68. The number of methoxy groups -OCH3 is 1. The predicted octanol–water partition coefficient (Wildman–Crippen LogP) is 2.14. The minimum Gasteiger partial charge on any atom is -0.507 e. The Bertz CT molecular complexity index is 709. The Hall–Kier alpha value is -3.02. The van der Waals surface area contributed by atoms with Crippen LogP contribution in [0, 0.1) is 0 Å². The van der Waals surface area contributed by atoms with E-state index < -0.39 is 0 Å². The van der Waals surface area contributed by atoms with E-state index >= 15 is 0 Å². The monoisotopic (exact) mass is 299 g/mol. The van der Waals surface area contributed by atoms with E-state index in [-0.39, 0.29) is 11.7 Å². The van der Waals surface area contributed by atoms with E-state index in [2.05, 4.69) is 10.5 Å². The summed E-state index contributed by atoms with van der Waals surface area (Å²) in [6, 6.07) is 11.3. The van der Waals surface area contributed by atoms with Gasteiger partial charge in [-0.2, -0.15) is 5.10 Å². The highest BCUT2D eigenvalue weighted by atomic mass is 16.5. The van der Waals surface area contributed by atoms with Crippen molar-refractivity contribution >= 4 is 17.3 Å². The van der Waals surface area contributed by atoms with Crippen LogP contribution in [-0.2, 0) is 0 Å². The molecule has 1 amide bonds. The molecule has 0 unspecified atom stereocenters. The van der Waals surface area contributed by atoms with Crippen molar-refractivity contribution in [2.45, 2.75) is 6.92 Å². The van der Waals surface area contributed by atoms with E-state index in [1.165, 1.54) is 13.2 Å². The summed E-state index contributed by atoms with van der Waals surface area (Å²) in [6.07, 6.45) is 0. The average Bonchev–Trinajstić information content (AvgIpc) is 2.53. The van der Waals surface area contributed by atoms with Crippen LogP contribution in [0.2, 0.25) is 0 Å². The van der Waals surface area contributed by atoms with Crippen molar-refractivity contribution in [3.05, 3.63) is 53.6 Å². The first-order chi connectivity index (χ1) is 10.5. The van der Waals surface area contributed by atoms with Gasteiger partial charge in [0.1, 0.15) is 11.5 Å². The van der Waals surface area contributed by atoms with Gasteiger partial charge in [0.05, 0.1) is 12.8 Å². The van der Waals surface area contributed by atoms with Crippen LogP contribution < -0.4 is 15.9 Å². The Balaban J connectivity index is 2.15. The smallest absolute Gasteiger partial charge is 0.271 e. The Kier molecular flexibility index (Phi) is 4.63. The molecule has 0 aliphatic carbocycles. The zero-order valence-electron chi connectivity index (χ0n) is 12.3. The second kappa shape index (κ2) is 6.62. The van der Waals surface area contributed by atoms with Crippen molar-refractivity contribution in [3.63, 3.8) is 0 Å². The van der Waals surface area contributed by atoms with E-state index in [4.69, 9.17) is 10.5 Å². The van der Waals surface area contributed by atoms with E-state index in [0.717, 1.165) is 0 Å². The largest absolute Gasteiger partial charge is 0.507 e. The number of ether oxygens (including phenoxy) is 1. The number of rotatable bonds is 4. The molecular weight excluding hydrogens is 282 g/mol. The second-order valence-corrected chi connectivity index (χ2v) is 4.64. The lowest BCUT2D eigenvalue weighted by atomic mass is 10.1. The summed E-state index contributed by atoms with van der Waals surface area (Å²) < 4.78 is 5.10. The number of aromatic hydroxyl groups is 1. The molecular formula is C16H17N3O3. The highest BCUT2D eigenvalue weighted by Crippen LogP contribution is 2.23. The predicted molar refractivity (Wildman–Crippen MR) is 85.2 cm³/mol. The number of anilines is 1. The molecule has 0 fully saturated rings. The van der Waals surface area contributed by atoms with Gasteiger partial charge in [-0.15, -0.1) is 0 Å². The molecule has 0 atom stereocenters. The van der Waals surface area contributed by atoms with Crippen LogP contribution in [0.25, 0.3) is 0 Å². The van der Waals surface area contributed by atoms with Gasteiger partial charge in [-0.05, 0) is 49.4 Å². The molecule has 0 saturated heterocycles. The number of phenols is 1. The fourth-order valence-corrected chi connectivity index (χ4v) is 1.83. The molecule has 0 spiro atoms. The van der Waals surface area contributed by atoms with Crippen molar-refractivity contribution in [2.75, 3.05) is 12.8 Å². The third-order valence-electron chi connectivity index (χ3n) is 3.09. The van der Waals surface area contributed by atoms with Gasteiger partial charge in [0.2, 0.25) is 0 Å². The third-order valence-corrected chi connectivity index (χ3v) is 3.09. The molecule has 6 heteroatoms. The van der Waals surface area contributed by atoms with Gasteiger partial charge in [0.15, 0.2) is 0 Å². The van der Waals surface area contributed by atoms with Crippen molar-refractivity contribution in [1.82, 2.24) is 5.43 Å². The number of benzene rings is 2. The highest BCUT2D eigenvalue weighted by molar-refractivity contribution is 6.02. The van der Waals surface area contributed by atoms with Crippen LogP contribution in [0.4, 0.5) is 5.69 Å². The normalized spacial score (nSPS) is 11.1. The van der Waals surface area contributed by atoms with Crippen LogP contribution in [0.15, 0.2) is 47.6 Å². The molecule has 114 valence electrons. The van der Waals surface area contributed by atoms with Gasteiger partial charge >= 0.3 is 0 Å². The number of hydrogen-bond acceptors (Lipinski definition) is 5. The molecule has 0 saturated carbocycles. The number of amides is 1. The Morgan fingerprint density at radius 2 is 1.91 bits per heavy atom. The second-order valence-electron chi connectivity index (χ2n) is 4.64. The molecule has 0 heterocycles. The highest BCUT2D eigenvalue weighted by Gasteiger charge is 2.08. The number of nitrogens with two attached hydrogens (primary N) is 1. The van der Waals surface area contributed by atoms with E-state index in [1.807, 2.05) is 0 Å². The number of hydrazone groups is 1. The first-order valence-corrected chi connectivity index (χ1v) is 6.59. The van der Waals surface area contributed by atoms with Crippen LogP contribution in [0.3, 0.4) is 0 Å². The van der Waals surface area contributed by atoms with Crippen molar-refractivity contribution in [3.8, 4) is 11.5 Å². The summed E-state index contributed by atoms with van der Waals surface area (Å²) in [5, 5.41) is 13.9. The van der Waals surface area contributed by atoms with Crippen molar-refractivity contribution in [2.24, 2.45) is 5.10 Å². The maximum atomic E-state index is 12.0. The molecule has 22 heavy (non-hydrogen) atoms. The topological polar surface area (TPSA) is 96.9 Å². The summed E-state index contributed by atoms with van der Waals surface area (Å²) >= 11 is 0. The Morgan fingerprint density at radius 1 is 1.23 bits per heavy atom. The standard InChI is InChI=1S/C16H17N3O3/c1-10(14-9-13(22-2)7-8-15(14)20)18-19-16(21)11-3-5-12(17)6-4-11/h3-9,20H,17H2,1-2H3,(H,19,21)/b18-10+. The first kappa shape index (κ1) is 15.4. The third kappa shape index (κ3) is 3.54. The molecule has 4 N–H and O–H groups in total. The summed E-state index contributed by atoms with van der Waals surface area (Å²) in [4.78, 5) is 12.0. The fraction of sp³-hybridized carbons (Fsp3) is 0.125. The number of carbonyl (C=O) groups is 1. The fourth-order valence-electron chi connectivity index (χ4n) is 1.83. The first-order valence-electron chi connectivity index (χ1n) is 6.59. The quantitative estimate of drug-likeness (QED) is 0.458. The summed E-state index contributed by atoms with van der Waals surface area (Å²) in [7, 11) is 1.53. The van der Waals surface area contributed by atoms with Crippen LogP contribution in [0.5, 0.6) is 11.5 Å². The minimum absolute atomic E-state index is 0.0591. The van der Waals surface area contributed by atoms with Gasteiger partial charge < -0.3 is 15.6 Å². The number of hydrogen-bond donors (Lipinski definition) is 3. The van der Waals surface area contributed by atoms with E-state index in [1.54, 1.807) is 43.3 Å². The molecule has 0 aliphatic rings. The average molecular weight is 299 g/mol. The number of carbonyl (C=O) groups excluding carboxylic acids is 1. The Labute approximate surface area is 128 Å². The molecule has 2 aromatic carbocycles. The van der Waals surface area contributed by atoms with E-state index in [0.29, 0.717) is 28.3 Å². The van der Waals surface area contributed by atoms with E-state index in [9.17, 15) is 9.90 Å². The lowest BCUT2D eigenvalue weighted by Gasteiger charge is -2.07. The van der Waals surface area contributed by atoms with Crippen molar-refractivity contribution < 1.29 is 14.6 Å². The Morgan fingerprint density at radius 3 is 2.55 bits per heavy atom. The maximum Gasteiger partial charge on any atom is 0.271 e. The SMILES string of the molecule is COc1ccc(O)c(/C(C)=N/NC(=O)c2ccc(N)cc2)c1. The lowest BCUT2D eigenvalue weighted by Crippen LogP contribution is -2.19. The summed E-state index contributed by atoms with van der Waals surface area (Å²) in [5.41, 5.74) is 9.98. The molecule has 0 aromatic heterocycles.